The topological polar surface area (TPSA) is 84.3 Å². The first kappa shape index (κ1) is 19.4. The molecule has 0 unspecified atom stereocenters. The van der Waals surface area contributed by atoms with Crippen molar-refractivity contribution < 1.29 is 9.53 Å². The van der Waals surface area contributed by atoms with Gasteiger partial charge >= 0.3 is 6.03 Å². The van der Waals surface area contributed by atoms with Crippen LogP contribution in [0.2, 0.25) is 0 Å². The number of hydrogen-bond donors (Lipinski definition) is 2. The molecule has 8 nitrogen and oxygen atoms in total. The van der Waals surface area contributed by atoms with Crippen LogP contribution in [0.15, 0.2) is 36.7 Å². The van der Waals surface area contributed by atoms with E-state index in [0.717, 1.165) is 39.2 Å². The molecule has 2 N–H and O–H groups in total. The second kappa shape index (κ2) is 8.62. The molecule has 1 aliphatic rings. The summed E-state index contributed by atoms with van der Waals surface area (Å²) in [5.74, 6) is 0. The third-order valence-electron chi connectivity index (χ3n) is 4.66. The van der Waals surface area contributed by atoms with Gasteiger partial charge in [0.2, 0.25) is 0 Å². The normalized spacial score (nSPS) is 13.7. The fraction of sp³-hybridized carbons (Fsp3) is 0.350. The highest BCUT2D eigenvalue weighted by Gasteiger charge is 2.21. The molecule has 2 amide bonds. The van der Waals surface area contributed by atoms with Crippen molar-refractivity contribution in [3.8, 4) is 11.3 Å². The molecule has 2 aromatic heterocycles. The Hall–Kier alpha value is -2.91. The Kier molecular flexibility index (Phi) is 5.77. The first-order chi connectivity index (χ1) is 14.1. The van der Waals surface area contributed by atoms with Crippen LogP contribution in [0, 0.1) is 6.92 Å². The van der Waals surface area contributed by atoms with Gasteiger partial charge in [0.05, 0.1) is 30.7 Å². The fourth-order valence-electron chi connectivity index (χ4n) is 3.21. The average Bonchev–Trinajstić information content (AvgIpc) is 3.43. The van der Waals surface area contributed by atoms with Crippen LogP contribution in [0.25, 0.3) is 11.3 Å². The number of nitrogens with zero attached hydrogens (tertiary/aromatic N) is 4. The maximum Gasteiger partial charge on any atom is 0.321 e. The van der Waals surface area contributed by atoms with Crippen LogP contribution in [0.1, 0.15) is 11.8 Å². The van der Waals surface area contributed by atoms with Crippen molar-refractivity contribution >= 4 is 33.9 Å². The Morgan fingerprint density at radius 1 is 1.31 bits per heavy atom. The summed E-state index contributed by atoms with van der Waals surface area (Å²) >= 11 is 1.61. The number of anilines is 3. The van der Waals surface area contributed by atoms with Crippen LogP contribution in [0.4, 0.5) is 21.3 Å². The highest BCUT2D eigenvalue weighted by atomic mass is 32.1. The fourth-order valence-corrected chi connectivity index (χ4v) is 4.07. The molecule has 152 valence electrons. The molecule has 0 radical (unpaired) electrons. The van der Waals surface area contributed by atoms with E-state index in [2.05, 4.69) is 22.7 Å². The molecule has 9 heteroatoms. The number of amides is 2. The lowest BCUT2D eigenvalue weighted by Crippen LogP contribution is -2.27. The van der Waals surface area contributed by atoms with Crippen LogP contribution in [0.5, 0.6) is 0 Å². The number of ether oxygens (including phenoxy) is 1. The Morgan fingerprint density at radius 2 is 2.14 bits per heavy atom. The number of aryl methyl sites for hydroxylation is 1. The lowest BCUT2D eigenvalue weighted by molar-refractivity contribution is 0.136. The summed E-state index contributed by atoms with van der Waals surface area (Å²) in [4.78, 5) is 19.4. The highest BCUT2D eigenvalue weighted by molar-refractivity contribution is 7.16. The van der Waals surface area contributed by atoms with Crippen molar-refractivity contribution in [2.24, 2.45) is 0 Å². The van der Waals surface area contributed by atoms with Gasteiger partial charge in [-0.05, 0) is 26.0 Å². The third-order valence-corrected chi connectivity index (χ3v) is 5.55. The summed E-state index contributed by atoms with van der Waals surface area (Å²) in [6.45, 7) is 7.50. The van der Waals surface area contributed by atoms with E-state index in [1.807, 2.05) is 42.1 Å². The Bertz CT molecular complexity index is 981. The molecule has 0 saturated carbocycles. The van der Waals surface area contributed by atoms with E-state index in [-0.39, 0.29) is 6.03 Å². The molecule has 0 bridgehead atoms. The van der Waals surface area contributed by atoms with E-state index in [0.29, 0.717) is 26.3 Å². The monoisotopic (exact) mass is 412 g/mol. The van der Waals surface area contributed by atoms with Gasteiger partial charge in [0.15, 0.2) is 5.13 Å². The number of nitrogens with one attached hydrogen (secondary N) is 2. The third kappa shape index (κ3) is 4.41. The molecule has 0 spiro atoms. The van der Waals surface area contributed by atoms with E-state index in [1.54, 1.807) is 22.4 Å². The zero-order chi connectivity index (χ0) is 20.2. The zero-order valence-corrected chi connectivity index (χ0v) is 17.3. The maximum atomic E-state index is 11.8. The van der Waals surface area contributed by atoms with E-state index in [9.17, 15) is 4.79 Å². The van der Waals surface area contributed by atoms with Crippen molar-refractivity contribution in [1.82, 2.24) is 20.1 Å². The van der Waals surface area contributed by atoms with Crippen LogP contribution < -0.4 is 15.5 Å². The Balaban J connectivity index is 1.44. The van der Waals surface area contributed by atoms with Crippen LogP contribution in [0.3, 0.4) is 0 Å². The van der Waals surface area contributed by atoms with E-state index >= 15 is 0 Å². The summed E-state index contributed by atoms with van der Waals surface area (Å²) in [5.41, 5.74) is 3.77. The van der Waals surface area contributed by atoms with Gasteiger partial charge < -0.3 is 15.4 Å². The minimum atomic E-state index is -0.0455. The van der Waals surface area contributed by atoms with Gasteiger partial charge in [-0.1, -0.05) is 12.1 Å². The van der Waals surface area contributed by atoms with Gasteiger partial charge in [-0.3, -0.25) is 9.58 Å². The number of rotatable bonds is 8. The van der Waals surface area contributed by atoms with Crippen molar-refractivity contribution in [3.63, 3.8) is 0 Å². The Labute approximate surface area is 173 Å². The zero-order valence-electron chi connectivity index (χ0n) is 16.5. The molecule has 4 rings (SSSR count). The minimum absolute atomic E-state index is 0.0455. The number of urea groups is 1. The van der Waals surface area contributed by atoms with Gasteiger partial charge in [-0.15, -0.1) is 11.3 Å². The predicted molar refractivity (Wildman–Crippen MR) is 115 cm³/mol. The quantitative estimate of drug-likeness (QED) is 0.552. The molecular formula is C20H24N6O2S. The summed E-state index contributed by atoms with van der Waals surface area (Å²) in [6, 6.07) is 7.91. The first-order valence-electron chi connectivity index (χ1n) is 9.64. The molecule has 0 aliphatic carbocycles. The molecule has 3 aromatic rings. The highest BCUT2D eigenvalue weighted by Crippen LogP contribution is 2.33. The molecular weight excluding hydrogens is 388 g/mol. The summed E-state index contributed by atoms with van der Waals surface area (Å²) in [5, 5.41) is 11.3. The predicted octanol–water partition coefficient (Wildman–Crippen LogP) is 3.62. The van der Waals surface area contributed by atoms with E-state index in [4.69, 9.17) is 9.72 Å². The molecule has 0 atom stereocenters. The SMILES string of the molecule is CCOCCn1cc(Nc2nc(-c3ccc(N4CCNC4=O)cc3)c(C)s2)cn1. The van der Waals surface area contributed by atoms with Crippen molar-refractivity contribution in [3.05, 3.63) is 41.5 Å². The number of carbonyl (C=O) groups is 1. The van der Waals surface area contributed by atoms with E-state index < -0.39 is 0 Å². The molecule has 1 saturated heterocycles. The van der Waals surface area contributed by atoms with Gasteiger partial charge in [-0.25, -0.2) is 9.78 Å². The molecule has 1 fully saturated rings. The number of hydrogen-bond acceptors (Lipinski definition) is 6. The lowest BCUT2D eigenvalue weighted by Gasteiger charge is -2.14. The largest absolute Gasteiger partial charge is 0.380 e. The van der Waals surface area contributed by atoms with Gasteiger partial charge in [0.25, 0.3) is 0 Å². The number of thiazole rings is 1. The molecule has 1 aliphatic heterocycles. The van der Waals surface area contributed by atoms with E-state index in [1.165, 1.54) is 0 Å². The number of carbonyl (C=O) groups excluding carboxylic acids is 1. The van der Waals surface area contributed by atoms with Crippen molar-refractivity contribution in [1.29, 1.82) is 0 Å². The summed E-state index contributed by atoms with van der Waals surface area (Å²) < 4.78 is 7.22. The number of aromatic nitrogens is 3. The average molecular weight is 413 g/mol. The second-order valence-corrected chi connectivity index (χ2v) is 7.87. The summed E-state index contributed by atoms with van der Waals surface area (Å²) in [6.07, 6.45) is 3.74. The van der Waals surface area contributed by atoms with Gasteiger partial charge in [0, 0.05) is 42.0 Å². The van der Waals surface area contributed by atoms with Crippen LogP contribution >= 0.6 is 11.3 Å². The van der Waals surface area contributed by atoms with Crippen LogP contribution in [-0.2, 0) is 11.3 Å². The van der Waals surface area contributed by atoms with Crippen LogP contribution in [-0.4, -0.2) is 47.1 Å². The smallest absolute Gasteiger partial charge is 0.321 e. The maximum absolute atomic E-state index is 11.8. The summed E-state index contributed by atoms with van der Waals surface area (Å²) in [7, 11) is 0. The lowest BCUT2D eigenvalue weighted by atomic mass is 10.1. The van der Waals surface area contributed by atoms with Gasteiger partial charge in [0.1, 0.15) is 0 Å². The second-order valence-electron chi connectivity index (χ2n) is 6.67. The molecule has 3 heterocycles. The van der Waals surface area contributed by atoms with Gasteiger partial charge in [-0.2, -0.15) is 5.10 Å². The molecule has 1 aromatic carbocycles. The number of benzene rings is 1. The molecule has 29 heavy (non-hydrogen) atoms. The standard InChI is InChI=1S/C20H24N6O2S/c1-3-28-11-10-25-13-16(12-22-25)23-19-24-18(14(2)29-19)15-4-6-17(7-5-15)26-9-8-21-20(26)27/h4-7,12-13H,3,8-11H2,1-2H3,(H,21,27)(H,23,24). The van der Waals surface area contributed by atoms with Crippen molar-refractivity contribution in [2.75, 3.05) is 36.5 Å². The first-order valence-corrected chi connectivity index (χ1v) is 10.5. The minimum Gasteiger partial charge on any atom is -0.380 e. The Morgan fingerprint density at radius 3 is 2.86 bits per heavy atom. The van der Waals surface area contributed by atoms with Crippen molar-refractivity contribution in [2.45, 2.75) is 20.4 Å².